The van der Waals surface area contributed by atoms with Gasteiger partial charge < -0.3 is 21.3 Å². The van der Waals surface area contributed by atoms with Gasteiger partial charge in [0, 0.05) is 49.6 Å². The van der Waals surface area contributed by atoms with Gasteiger partial charge in [0.25, 0.3) is 11.8 Å². The predicted molar refractivity (Wildman–Crippen MR) is 180 cm³/mol. The van der Waals surface area contributed by atoms with Crippen molar-refractivity contribution >= 4 is 56.4 Å². The quantitative estimate of drug-likeness (QED) is 0.120. The summed E-state index contributed by atoms with van der Waals surface area (Å²) in [7, 11) is 0. The molecule has 0 saturated heterocycles. The van der Waals surface area contributed by atoms with E-state index < -0.39 is 11.8 Å². The molecule has 4 N–H and O–H groups in total. The van der Waals surface area contributed by atoms with Crippen LogP contribution in [0, 0.1) is 0 Å². The van der Waals surface area contributed by atoms with Gasteiger partial charge in [-0.3, -0.25) is 9.59 Å². The number of anilines is 4. The third-order valence-corrected chi connectivity index (χ3v) is 10.9. The average molecular weight is 731 g/mol. The number of nitrogens with zero attached hydrogens (tertiary/aromatic N) is 6. The first-order chi connectivity index (χ1) is 23.9. The molecule has 2 amide bonds. The summed E-state index contributed by atoms with van der Waals surface area (Å²) in [5.41, 5.74) is 1.01. The standard InChI is InChI=1S/C32H34F4N10O2S2/c33-31(34)13-21(14-31)39-23-8-2-6-19(37-23)11-25(47)41-29-45-43-27(49-29)17-4-1-5-18(10-17)28-44-46-30(50-28)42-26(48)12-20-7-3-9-24(38-20)40-22-15-32(35,36)16-22/h2-3,6-9,17-18,21-22H,1,4-5,10-16H2,(H,37,39)(H,38,40)(H,41,45,47)(H,42,46,48)/t17-,18-/m0/s1. The van der Waals surface area contributed by atoms with Crippen molar-refractivity contribution < 1.29 is 27.2 Å². The molecule has 0 bridgehead atoms. The number of carbonyl (C=O) groups is 2. The van der Waals surface area contributed by atoms with Crippen LogP contribution in [-0.4, -0.2) is 66.1 Å². The Hall–Kier alpha value is -4.32. The fourth-order valence-corrected chi connectivity index (χ4v) is 8.27. The minimum absolute atomic E-state index is 0.00302. The lowest BCUT2D eigenvalue weighted by Gasteiger charge is -2.35. The first kappa shape index (κ1) is 34.1. The number of alkyl halides is 4. The maximum absolute atomic E-state index is 13.2. The maximum atomic E-state index is 13.2. The molecule has 3 fully saturated rings. The lowest BCUT2D eigenvalue weighted by molar-refractivity contribution is -0.116. The molecule has 4 aromatic heterocycles. The number of carbonyl (C=O) groups excluding carboxylic acids is 2. The van der Waals surface area contributed by atoms with Crippen molar-refractivity contribution in [2.24, 2.45) is 0 Å². The third kappa shape index (κ3) is 8.69. The molecule has 0 aromatic carbocycles. The van der Waals surface area contributed by atoms with E-state index in [0.29, 0.717) is 33.3 Å². The van der Waals surface area contributed by atoms with Crippen LogP contribution in [0.25, 0.3) is 0 Å². The van der Waals surface area contributed by atoms with E-state index in [-0.39, 0.29) is 74.3 Å². The van der Waals surface area contributed by atoms with E-state index in [9.17, 15) is 27.2 Å². The summed E-state index contributed by atoms with van der Waals surface area (Å²) in [6.07, 6.45) is 2.63. The minimum Gasteiger partial charge on any atom is -0.367 e. The van der Waals surface area contributed by atoms with Crippen molar-refractivity contribution in [3.8, 4) is 0 Å². The molecule has 264 valence electrons. The second-order valence-electron chi connectivity index (χ2n) is 13.1. The summed E-state index contributed by atoms with van der Waals surface area (Å²) in [4.78, 5) is 34.3. The molecule has 4 aromatic rings. The highest BCUT2D eigenvalue weighted by Gasteiger charge is 2.46. The van der Waals surface area contributed by atoms with Crippen LogP contribution in [-0.2, 0) is 22.4 Å². The second kappa shape index (κ2) is 14.1. The van der Waals surface area contributed by atoms with E-state index >= 15 is 0 Å². The zero-order valence-corrected chi connectivity index (χ0v) is 28.3. The van der Waals surface area contributed by atoms with Crippen molar-refractivity contribution in [1.29, 1.82) is 0 Å². The Morgan fingerprint density at radius 3 is 1.54 bits per heavy atom. The number of aromatic nitrogens is 6. The van der Waals surface area contributed by atoms with Gasteiger partial charge in [-0.1, -0.05) is 41.2 Å². The number of halogens is 4. The number of amides is 2. The summed E-state index contributed by atoms with van der Waals surface area (Å²) < 4.78 is 52.6. The van der Waals surface area contributed by atoms with Crippen molar-refractivity contribution in [2.45, 2.75) is 100.0 Å². The molecule has 50 heavy (non-hydrogen) atoms. The van der Waals surface area contributed by atoms with Gasteiger partial charge in [0.15, 0.2) is 0 Å². The van der Waals surface area contributed by atoms with Crippen LogP contribution in [0.2, 0.25) is 0 Å². The molecular weight excluding hydrogens is 697 g/mol. The Balaban J connectivity index is 0.879. The molecule has 4 heterocycles. The highest BCUT2D eigenvalue weighted by Crippen LogP contribution is 2.44. The van der Waals surface area contributed by atoms with Gasteiger partial charge in [0.05, 0.1) is 24.2 Å². The molecule has 12 nitrogen and oxygen atoms in total. The molecule has 0 spiro atoms. The normalized spacial score (nSPS) is 21.4. The third-order valence-electron chi connectivity index (χ3n) is 8.93. The maximum Gasteiger partial charge on any atom is 0.252 e. The van der Waals surface area contributed by atoms with E-state index in [1.165, 1.54) is 22.7 Å². The first-order valence-corrected chi connectivity index (χ1v) is 18.0. The molecule has 0 unspecified atom stereocenters. The zero-order valence-electron chi connectivity index (χ0n) is 26.7. The summed E-state index contributed by atoms with van der Waals surface area (Å²) in [5, 5.41) is 31.1. The monoisotopic (exact) mass is 730 g/mol. The lowest BCUT2D eigenvalue weighted by Crippen LogP contribution is -2.44. The van der Waals surface area contributed by atoms with Gasteiger partial charge >= 0.3 is 0 Å². The molecule has 7 rings (SSSR count). The van der Waals surface area contributed by atoms with Gasteiger partial charge in [0.1, 0.15) is 21.7 Å². The van der Waals surface area contributed by atoms with Crippen molar-refractivity contribution in [3.05, 3.63) is 57.8 Å². The number of rotatable bonds is 12. The van der Waals surface area contributed by atoms with Crippen LogP contribution in [0.1, 0.15) is 84.6 Å². The van der Waals surface area contributed by atoms with Gasteiger partial charge in [-0.05, 0) is 43.5 Å². The van der Waals surface area contributed by atoms with Crippen molar-refractivity contribution in [1.82, 2.24) is 30.4 Å². The second-order valence-corrected chi connectivity index (χ2v) is 15.2. The average Bonchev–Trinajstić information content (AvgIpc) is 3.70. The highest BCUT2D eigenvalue weighted by atomic mass is 32.1. The van der Waals surface area contributed by atoms with E-state index in [4.69, 9.17) is 0 Å². The minimum atomic E-state index is -2.63. The largest absolute Gasteiger partial charge is 0.367 e. The van der Waals surface area contributed by atoms with Gasteiger partial charge in [-0.15, -0.1) is 20.4 Å². The Bertz CT molecular complexity index is 1710. The Kier molecular flexibility index (Phi) is 9.65. The van der Waals surface area contributed by atoms with Crippen LogP contribution in [0.5, 0.6) is 0 Å². The molecule has 18 heteroatoms. The number of hydrogen-bond donors (Lipinski definition) is 4. The van der Waals surface area contributed by atoms with Crippen LogP contribution < -0.4 is 21.3 Å². The Morgan fingerprint density at radius 2 is 1.12 bits per heavy atom. The smallest absolute Gasteiger partial charge is 0.252 e. The number of pyridine rings is 2. The van der Waals surface area contributed by atoms with Crippen molar-refractivity contribution in [2.75, 3.05) is 21.3 Å². The van der Waals surface area contributed by atoms with Crippen LogP contribution >= 0.6 is 22.7 Å². The fourth-order valence-electron chi connectivity index (χ4n) is 6.46. The molecule has 3 aliphatic carbocycles. The molecular formula is C32H34F4N10O2S2. The van der Waals surface area contributed by atoms with Gasteiger partial charge in [-0.25, -0.2) is 27.5 Å². The summed E-state index contributed by atoms with van der Waals surface area (Å²) in [6.45, 7) is 0. The van der Waals surface area contributed by atoms with Gasteiger partial charge in [0.2, 0.25) is 22.1 Å². The fraction of sp³-hybridized carbons (Fsp3) is 0.500. The topological polar surface area (TPSA) is 160 Å². The van der Waals surface area contributed by atoms with Crippen LogP contribution in [0.15, 0.2) is 36.4 Å². The van der Waals surface area contributed by atoms with E-state index in [0.717, 1.165) is 35.7 Å². The van der Waals surface area contributed by atoms with E-state index in [1.807, 2.05) is 0 Å². The molecule has 0 aliphatic heterocycles. The number of hydrogen-bond acceptors (Lipinski definition) is 12. The summed E-state index contributed by atoms with van der Waals surface area (Å²) in [5.74, 6) is -4.71. The SMILES string of the molecule is O=C(Cc1cccc(NC2CC(F)(F)C2)n1)Nc1nnc([C@H]2CCC[C@H](c3nnc(NC(=O)Cc4cccc(NC5CC(F)(F)C5)n4)s3)C2)s1. The summed E-state index contributed by atoms with van der Waals surface area (Å²) >= 11 is 2.66. The van der Waals surface area contributed by atoms with Crippen LogP contribution in [0.3, 0.4) is 0 Å². The molecule has 0 radical (unpaired) electrons. The van der Waals surface area contributed by atoms with Crippen molar-refractivity contribution in [3.63, 3.8) is 0 Å². The lowest BCUT2D eigenvalue weighted by atomic mass is 9.82. The first-order valence-electron chi connectivity index (χ1n) is 16.4. The molecule has 3 saturated carbocycles. The highest BCUT2D eigenvalue weighted by molar-refractivity contribution is 7.15. The molecule has 3 aliphatic rings. The summed E-state index contributed by atoms with van der Waals surface area (Å²) in [6, 6.07) is 9.58. The zero-order chi connectivity index (χ0) is 34.9. The Morgan fingerprint density at radius 1 is 0.680 bits per heavy atom. The predicted octanol–water partition coefficient (Wildman–Crippen LogP) is 6.40. The van der Waals surface area contributed by atoms with E-state index in [2.05, 4.69) is 51.6 Å². The number of nitrogens with one attached hydrogen (secondary N) is 4. The van der Waals surface area contributed by atoms with Gasteiger partial charge in [-0.2, -0.15) is 0 Å². The van der Waals surface area contributed by atoms with Crippen LogP contribution in [0.4, 0.5) is 39.5 Å². The Labute approximate surface area is 292 Å². The van der Waals surface area contributed by atoms with E-state index in [1.54, 1.807) is 36.4 Å². The molecule has 2 atom stereocenters.